The second-order valence-electron chi connectivity index (χ2n) is 2.01. The van der Waals surface area contributed by atoms with Gasteiger partial charge in [0.15, 0.2) is 0 Å². The van der Waals surface area contributed by atoms with Gasteiger partial charge in [0, 0.05) is 0 Å². The summed E-state index contributed by atoms with van der Waals surface area (Å²) in [6.07, 6.45) is 0. The van der Waals surface area contributed by atoms with Crippen LogP contribution in [0.1, 0.15) is 6.92 Å². The van der Waals surface area contributed by atoms with Gasteiger partial charge in [-0.1, -0.05) is 18.2 Å². The van der Waals surface area contributed by atoms with E-state index >= 15 is 0 Å². The van der Waals surface area contributed by atoms with E-state index in [9.17, 15) is 4.21 Å². The average Bonchev–Trinajstić information content (AvgIpc) is 2.06. The quantitative estimate of drug-likeness (QED) is 0.717. The van der Waals surface area contributed by atoms with E-state index < -0.39 is 11.4 Å². The van der Waals surface area contributed by atoms with Gasteiger partial charge in [-0.2, -0.15) is 4.21 Å². The molecule has 1 unspecified atom stereocenters. The molecule has 0 heterocycles. The Hall–Kier alpha value is -0.870. The summed E-state index contributed by atoms with van der Waals surface area (Å²) in [5.74, 6) is 0.546. The van der Waals surface area contributed by atoms with Crippen molar-refractivity contribution >= 4 is 11.4 Å². The van der Waals surface area contributed by atoms with E-state index in [-0.39, 0.29) is 0 Å². The van der Waals surface area contributed by atoms with Crippen molar-refractivity contribution in [2.24, 2.45) is 0 Å². The lowest BCUT2D eigenvalue weighted by Crippen LogP contribution is -2.04. The normalized spacial score (nSPS) is 12.4. The molecule has 66 valence electrons. The molecule has 0 radical (unpaired) electrons. The van der Waals surface area contributed by atoms with Crippen LogP contribution in [0.25, 0.3) is 0 Å². The summed E-state index contributed by atoms with van der Waals surface area (Å²) in [5, 5.41) is 0. The van der Waals surface area contributed by atoms with Crippen LogP contribution in [0.15, 0.2) is 30.3 Å². The Labute approximate surface area is 74.2 Å². The molecule has 0 N–H and O–H groups in total. The minimum absolute atomic E-state index is 0.374. The van der Waals surface area contributed by atoms with E-state index in [2.05, 4.69) is 0 Å². The highest BCUT2D eigenvalue weighted by Gasteiger charge is 1.99. The lowest BCUT2D eigenvalue weighted by Gasteiger charge is -2.01. The van der Waals surface area contributed by atoms with Crippen molar-refractivity contribution in [2.75, 3.05) is 6.61 Å². The molecule has 0 fully saturated rings. The zero-order valence-corrected chi connectivity index (χ0v) is 7.54. The lowest BCUT2D eigenvalue weighted by atomic mass is 10.3. The second kappa shape index (κ2) is 4.90. The number of benzene rings is 1. The topological polar surface area (TPSA) is 35.5 Å². The third-order valence-electron chi connectivity index (χ3n) is 1.12. The highest BCUT2D eigenvalue weighted by molar-refractivity contribution is 7.75. The number of hydrogen-bond donors (Lipinski definition) is 0. The molecule has 0 amide bonds. The lowest BCUT2D eigenvalue weighted by molar-refractivity contribution is 0.329. The molecule has 0 bridgehead atoms. The molecule has 1 aromatic carbocycles. The van der Waals surface area contributed by atoms with Crippen LogP contribution in [0.5, 0.6) is 5.75 Å². The number of para-hydroxylation sites is 1. The van der Waals surface area contributed by atoms with E-state index in [0.717, 1.165) is 0 Å². The van der Waals surface area contributed by atoms with Crippen LogP contribution in [0.3, 0.4) is 0 Å². The monoisotopic (exact) mass is 186 g/mol. The summed E-state index contributed by atoms with van der Waals surface area (Å²) in [6.45, 7) is 2.13. The molecule has 0 aliphatic rings. The molecule has 0 spiro atoms. The fourth-order valence-corrected chi connectivity index (χ4v) is 1.18. The van der Waals surface area contributed by atoms with Crippen molar-refractivity contribution in [1.82, 2.24) is 0 Å². The predicted molar refractivity (Wildman–Crippen MR) is 46.8 cm³/mol. The number of rotatable bonds is 4. The van der Waals surface area contributed by atoms with Gasteiger partial charge in [-0.3, -0.25) is 4.18 Å². The Morgan fingerprint density at radius 1 is 1.33 bits per heavy atom. The maximum Gasteiger partial charge on any atom is 0.360 e. The summed E-state index contributed by atoms with van der Waals surface area (Å²) >= 11 is -1.67. The van der Waals surface area contributed by atoms with Crippen molar-refractivity contribution in [1.29, 1.82) is 0 Å². The maximum absolute atomic E-state index is 10.9. The van der Waals surface area contributed by atoms with Gasteiger partial charge in [-0.05, 0) is 19.1 Å². The van der Waals surface area contributed by atoms with Crippen LogP contribution >= 0.6 is 0 Å². The van der Waals surface area contributed by atoms with E-state index in [1.165, 1.54) is 0 Å². The standard InChI is InChI=1S/C8H10O3S/c1-2-10-12(9)11-8-6-4-3-5-7-8/h3-7H,2H2,1H3. The van der Waals surface area contributed by atoms with Gasteiger partial charge in [0.1, 0.15) is 5.75 Å². The molecule has 0 aromatic heterocycles. The van der Waals surface area contributed by atoms with Crippen LogP contribution < -0.4 is 4.18 Å². The van der Waals surface area contributed by atoms with E-state index in [0.29, 0.717) is 12.4 Å². The van der Waals surface area contributed by atoms with E-state index in [4.69, 9.17) is 8.37 Å². The van der Waals surface area contributed by atoms with E-state index in [1.807, 2.05) is 6.07 Å². The summed E-state index contributed by atoms with van der Waals surface area (Å²) < 4.78 is 20.5. The SMILES string of the molecule is CCOS(=O)Oc1ccccc1. The molecular weight excluding hydrogens is 176 g/mol. The molecule has 1 atom stereocenters. The Kier molecular flexibility index (Phi) is 3.76. The summed E-state index contributed by atoms with van der Waals surface area (Å²) in [4.78, 5) is 0. The Balaban J connectivity index is 2.47. The molecule has 0 aliphatic heterocycles. The first kappa shape index (κ1) is 9.22. The van der Waals surface area contributed by atoms with Crippen molar-refractivity contribution in [2.45, 2.75) is 6.92 Å². The van der Waals surface area contributed by atoms with Gasteiger partial charge in [0.2, 0.25) is 0 Å². The molecule has 0 saturated carbocycles. The predicted octanol–water partition coefficient (Wildman–Crippen LogP) is 1.68. The van der Waals surface area contributed by atoms with Crippen LogP contribution in [0, 0.1) is 0 Å². The van der Waals surface area contributed by atoms with E-state index in [1.54, 1.807) is 31.2 Å². The smallest absolute Gasteiger partial charge is 0.360 e. The Morgan fingerprint density at radius 3 is 2.58 bits per heavy atom. The zero-order chi connectivity index (χ0) is 8.81. The molecule has 1 rings (SSSR count). The number of hydrogen-bond acceptors (Lipinski definition) is 3. The fraction of sp³-hybridized carbons (Fsp3) is 0.250. The maximum atomic E-state index is 10.9. The van der Waals surface area contributed by atoms with Crippen LogP contribution in [-0.2, 0) is 15.5 Å². The van der Waals surface area contributed by atoms with Gasteiger partial charge in [0.05, 0.1) is 6.61 Å². The van der Waals surface area contributed by atoms with Crippen LogP contribution in [0.4, 0.5) is 0 Å². The Bertz CT molecular complexity index is 248. The van der Waals surface area contributed by atoms with Crippen LogP contribution in [0.2, 0.25) is 0 Å². The van der Waals surface area contributed by atoms with Crippen molar-refractivity contribution in [3.05, 3.63) is 30.3 Å². The average molecular weight is 186 g/mol. The molecule has 3 nitrogen and oxygen atoms in total. The molecular formula is C8H10O3S. The third kappa shape index (κ3) is 3.02. The summed E-state index contributed by atoms with van der Waals surface area (Å²) in [6, 6.07) is 8.90. The van der Waals surface area contributed by atoms with Crippen molar-refractivity contribution < 1.29 is 12.6 Å². The van der Waals surface area contributed by atoms with Gasteiger partial charge in [-0.15, -0.1) is 0 Å². The molecule has 12 heavy (non-hydrogen) atoms. The highest BCUT2D eigenvalue weighted by atomic mass is 32.2. The first-order chi connectivity index (χ1) is 5.83. The zero-order valence-electron chi connectivity index (χ0n) is 6.73. The van der Waals surface area contributed by atoms with Gasteiger partial charge in [0.25, 0.3) is 0 Å². The summed E-state index contributed by atoms with van der Waals surface area (Å²) in [7, 11) is 0. The van der Waals surface area contributed by atoms with Gasteiger partial charge >= 0.3 is 11.4 Å². The van der Waals surface area contributed by atoms with Crippen molar-refractivity contribution in [3.8, 4) is 5.75 Å². The minimum atomic E-state index is -1.67. The molecule has 0 saturated heterocycles. The van der Waals surface area contributed by atoms with Crippen molar-refractivity contribution in [3.63, 3.8) is 0 Å². The fourth-order valence-electron chi connectivity index (χ4n) is 0.675. The highest BCUT2D eigenvalue weighted by Crippen LogP contribution is 2.09. The first-order valence-corrected chi connectivity index (χ1v) is 4.61. The van der Waals surface area contributed by atoms with Gasteiger partial charge < -0.3 is 4.18 Å². The largest absolute Gasteiger partial charge is 0.380 e. The Morgan fingerprint density at radius 2 is 2.00 bits per heavy atom. The van der Waals surface area contributed by atoms with Gasteiger partial charge in [-0.25, -0.2) is 0 Å². The first-order valence-electron chi connectivity index (χ1n) is 3.61. The summed E-state index contributed by atoms with van der Waals surface area (Å²) in [5.41, 5.74) is 0. The minimum Gasteiger partial charge on any atom is -0.380 e. The third-order valence-corrected chi connectivity index (χ3v) is 1.88. The van der Waals surface area contributed by atoms with Crippen LogP contribution in [-0.4, -0.2) is 10.8 Å². The second-order valence-corrected chi connectivity index (χ2v) is 2.82. The molecule has 1 aromatic rings. The molecule has 4 heteroatoms. The molecule has 0 aliphatic carbocycles.